The van der Waals surface area contributed by atoms with Gasteiger partial charge < -0.3 is 15.1 Å². The van der Waals surface area contributed by atoms with E-state index in [0.717, 1.165) is 28.4 Å². The molecule has 1 saturated heterocycles. The van der Waals surface area contributed by atoms with E-state index in [1.807, 2.05) is 0 Å². The third kappa shape index (κ3) is 3.89. The molecule has 1 heterocycles. The zero-order valence-corrected chi connectivity index (χ0v) is 12.6. The lowest BCUT2D eigenvalue weighted by Crippen LogP contribution is -2.50. The van der Waals surface area contributed by atoms with E-state index in [1.54, 1.807) is 6.92 Å². The number of amides is 1. The first-order chi connectivity index (χ1) is 9.25. The van der Waals surface area contributed by atoms with E-state index in [2.05, 4.69) is 0 Å². The minimum Gasteiger partial charge on any atom is -0.480 e. The molecule has 112 valence electrons. The number of carbonyl (C=O) groups is 4. The summed E-state index contributed by atoms with van der Waals surface area (Å²) in [7, 11) is 0. The summed E-state index contributed by atoms with van der Waals surface area (Å²) in [4.78, 5) is 46.3. The van der Waals surface area contributed by atoms with Crippen LogP contribution < -0.4 is 0 Å². The summed E-state index contributed by atoms with van der Waals surface area (Å²) in [5, 5.41) is 16.8. The molecule has 0 radical (unpaired) electrons. The van der Waals surface area contributed by atoms with Crippen molar-refractivity contribution in [1.82, 2.24) is 4.90 Å². The predicted molar refractivity (Wildman–Crippen MR) is 74.5 cm³/mol. The van der Waals surface area contributed by atoms with Crippen LogP contribution in [-0.4, -0.2) is 61.0 Å². The van der Waals surface area contributed by atoms with Gasteiger partial charge in [-0.05, 0) is 0 Å². The van der Waals surface area contributed by atoms with E-state index in [-0.39, 0.29) is 16.6 Å². The average Bonchev–Trinajstić information content (AvgIpc) is 2.79. The second-order valence-electron chi connectivity index (χ2n) is 4.33. The molecule has 0 saturated carbocycles. The van der Waals surface area contributed by atoms with Gasteiger partial charge in [0.25, 0.3) is 0 Å². The predicted octanol–water partition coefficient (Wildman–Crippen LogP) is 0.342. The lowest BCUT2D eigenvalue weighted by molar-refractivity contribution is -0.155. The first-order valence-electron chi connectivity index (χ1n) is 5.78. The molecule has 1 rings (SSSR count). The van der Waals surface area contributed by atoms with E-state index >= 15 is 0 Å². The lowest BCUT2D eigenvalue weighted by Gasteiger charge is -2.27. The van der Waals surface area contributed by atoms with Gasteiger partial charge in [-0.1, -0.05) is 18.7 Å². The summed E-state index contributed by atoms with van der Waals surface area (Å²) in [5.41, 5.74) is 0. The Kier molecular flexibility index (Phi) is 5.88. The maximum atomic E-state index is 12.2. The third-order valence-corrected chi connectivity index (χ3v) is 5.04. The number of hydrogen-bond acceptors (Lipinski definition) is 6. The highest BCUT2D eigenvalue weighted by atomic mass is 32.2. The molecule has 0 aliphatic carbocycles. The molecule has 1 aliphatic rings. The monoisotopic (exact) mass is 321 g/mol. The second-order valence-corrected chi connectivity index (χ2v) is 6.64. The first-order valence-corrected chi connectivity index (χ1v) is 7.82. The molecule has 3 atom stereocenters. The number of carboxylic acids is 2. The molecule has 0 unspecified atom stereocenters. The lowest BCUT2D eigenvalue weighted by atomic mass is 10.1. The molecule has 0 aromatic rings. The molecule has 0 spiro atoms. The highest BCUT2D eigenvalue weighted by Crippen LogP contribution is 2.31. The van der Waals surface area contributed by atoms with Crippen LogP contribution in [0.15, 0.2) is 0 Å². The largest absolute Gasteiger partial charge is 0.480 e. The molecule has 1 amide bonds. The topological polar surface area (TPSA) is 112 Å². The van der Waals surface area contributed by atoms with Crippen molar-refractivity contribution < 1.29 is 29.4 Å². The van der Waals surface area contributed by atoms with Gasteiger partial charge in [-0.15, -0.1) is 11.8 Å². The Morgan fingerprint density at radius 1 is 1.30 bits per heavy atom. The quantitative estimate of drug-likeness (QED) is 0.745. The van der Waals surface area contributed by atoms with Gasteiger partial charge in [-0.3, -0.25) is 9.59 Å². The van der Waals surface area contributed by atoms with Gasteiger partial charge in [0.2, 0.25) is 5.91 Å². The standard InChI is InChI=1S/C11H15NO6S2/c1-5(3-19-6(2)13)8(14)12-7(10(15)16)4-20-9(12)11(17)18/h5,7,9H,3-4H2,1-2H3,(H,15,16)(H,17,18)/t5-,7-,9+/m1/s1. The number of carbonyl (C=O) groups excluding carboxylic acids is 2. The number of rotatable bonds is 5. The summed E-state index contributed by atoms with van der Waals surface area (Å²) in [6, 6.07) is -1.14. The van der Waals surface area contributed by atoms with E-state index in [9.17, 15) is 19.2 Å². The summed E-state index contributed by atoms with van der Waals surface area (Å²) >= 11 is 1.87. The van der Waals surface area contributed by atoms with Crippen LogP contribution in [-0.2, 0) is 19.2 Å². The molecular formula is C11H15NO6S2. The Hall–Kier alpha value is -1.22. The van der Waals surface area contributed by atoms with Crippen molar-refractivity contribution in [3.63, 3.8) is 0 Å². The minimum atomic E-state index is -1.24. The Morgan fingerprint density at radius 2 is 1.90 bits per heavy atom. The smallest absolute Gasteiger partial charge is 0.337 e. The van der Waals surface area contributed by atoms with E-state index in [4.69, 9.17) is 10.2 Å². The van der Waals surface area contributed by atoms with Crippen LogP contribution in [0.4, 0.5) is 0 Å². The van der Waals surface area contributed by atoms with Gasteiger partial charge in [-0.25, -0.2) is 9.59 Å². The normalized spacial score (nSPS) is 23.4. The SMILES string of the molecule is CC(=O)SC[C@@H](C)C(=O)N1[C@@H](C(=O)O)CS[C@H]1C(=O)O. The molecule has 2 N–H and O–H groups in total. The zero-order valence-electron chi connectivity index (χ0n) is 10.9. The van der Waals surface area contributed by atoms with Crippen LogP contribution in [0.1, 0.15) is 13.8 Å². The average molecular weight is 321 g/mol. The molecule has 20 heavy (non-hydrogen) atoms. The van der Waals surface area contributed by atoms with Gasteiger partial charge in [0.1, 0.15) is 6.04 Å². The fourth-order valence-electron chi connectivity index (χ4n) is 1.72. The van der Waals surface area contributed by atoms with Crippen molar-refractivity contribution in [2.45, 2.75) is 25.3 Å². The fourth-order valence-corrected chi connectivity index (χ4v) is 3.57. The van der Waals surface area contributed by atoms with E-state index in [0.29, 0.717) is 0 Å². The summed E-state index contributed by atoms with van der Waals surface area (Å²) in [6.45, 7) is 2.92. The van der Waals surface area contributed by atoms with Crippen LogP contribution in [0, 0.1) is 5.92 Å². The first kappa shape index (κ1) is 16.8. The van der Waals surface area contributed by atoms with E-state index in [1.165, 1.54) is 6.92 Å². The van der Waals surface area contributed by atoms with Crippen molar-refractivity contribution >= 4 is 46.5 Å². The Morgan fingerprint density at radius 3 is 2.35 bits per heavy atom. The van der Waals surface area contributed by atoms with Crippen molar-refractivity contribution in [2.75, 3.05) is 11.5 Å². The number of aliphatic carboxylic acids is 2. The zero-order chi connectivity index (χ0) is 15.4. The molecule has 0 aromatic heterocycles. The molecule has 1 fully saturated rings. The maximum Gasteiger partial charge on any atom is 0.337 e. The van der Waals surface area contributed by atoms with Crippen LogP contribution in [0.5, 0.6) is 0 Å². The van der Waals surface area contributed by atoms with Crippen LogP contribution in [0.2, 0.25) is 0 Å². The number of thioether (sulfide) groups is 2. The van der Waals surface area contributed by atoms with Crippen LogP contribution in [0.25, 0.3) is 0 Å². The molecule has 9 heteroatoms. The molecule has 0 bridgehead atoms. The van der Waals surface area contributed by atoms with Gasteiger partial charge in [-0.2, -0.15) is 0 Å². The molecule has 0 aromatic carbocycles. The highest BCUT2D eigenvalue weighted by molar-refractivity contribution is 8.13. The summed E-state index contributed by atoms with van der Waals surface area (Å²) in [6.07, 6.45) is 0. The maximum absolute atomic E-state index is 12.2. The van der Waals surface area contributed by atoms with Crippen LogP contribution in [0.3, 0.4) is 0 Å². The number of nitrogens with zero attached hydrogens (tertiary/aromatic N) is 1. The van der Waals surface area contributed by atoms with Crippen molar-refractivity contribution in [3.05, 3.63) is 0 Å². The Bertz CT molecular complexity index is 419. The summed E-state index contributed by atoms with van der Waals surface area (Å²) in [5.74, 6) is -3.38. The van der Waals surface area contributed by atoms with Crippen molar-refractivity contribution in [3.8, 4) is 0 Å². The summed E-state index contributed by atoms with van der Waals surface area (Å²) < 4.78 is 0. The Labute approximate surface area is 124 Å². The van der Waals surface area contributed by atoms with E-state index < -0.39 is 35.2 Å². The second kappa shape index (κ2) is 6.98. The van der Waals surface area contributed by atoms with Gasteiger partial charge in [0, 0.05) is 24.3 Å². The number of carboxylic acid groups (broad SMARTS) is 2. The molecule has 7 nitrogen and oxygen atoms in total. The third-order valence-electron chi connectivity index (χ3n) is 2.71. The Balaban J connectivity index is 2.86. The van der Waals surface area contributed by atoms with Crippen molar-refractivity contribution in [2.24, 2.45) is 5.92 Å². The highest BCUT2D eigenvalue weighted by Gasteiger charge is 2.46. The number of hydrogen-bond donors (Lipinski definition) is 2. The fraction of sp³-hybridized carbons (Fsp3) is 0.636. The van der Waals surface area contributed by atoms with Gasteiger partial charge in [0.05, 0.1) is 0 Å². The van der Waals surface area contributed by atoms with Crippen LogP contribution >= 0.6 is 23.5 Å². The molecular weight excluding hydrogens is 306 g/mol. The van der Waals surface area contributed by atoms with Crippen molar-refractivity contribution in [1.29, 1.82) is 0 Å². The molecule has 1 aliphatic heterocycles. The van der Waals surface area contributed by atoms with Gasteiger partial charge in [0.15, 0.2) is 10.5 Å². The van der Waals surface area contributed by atoms with Gasteiger partial charge >= 0.3 is 11.9 Å². The minimum absolute atomic E-state index is 0.0462.